The van der Waals surface area contributed by atoms with Gasteiger partial charge in [-0.1, -0.05) is 30.3 Å². The Balaban J connectivity index is 1.89. The van der Waals surface area contributed by atoms with Crippen LogP contribution < -0.4 is 16.0 Å². The van der Waals surface area contributed by atoms with Crippen molar-refractivity contribution in [3.63, 3.8) is 0 Å². The van der Waals surface area contributed by atoms with Gasteiger partial charge in [0, 0.05) is 19.6 Å². The minimum absolute atomic E-state index is 0.138. The summed E-state index contributed by atoms with van der Waals surface area (Å²) >= 11 is 0. The van der Waals surface area contributed by atoms with E-state index in [9.17, 15) is 14.4 Å². The monoisotopic (exact) mass is 377 g/mol. The second-order valence-corrected chi connectivity index (χ2v) is 6.78. The standard InChI is InChI=1S/C19H27N3O5/c1-12(2)27-10-6-9-20-17(23)14(11-13-7-4-3-5-8-13)21-18(24)15-16(22-15)19(25)26/h3-5,7-8,12,14-16,22H,6,9-11H2,1-2H3,(H,20,23)(H,21,24)(H,25,26)/t14-,15-,16-/m0/s1. The van der Waals surface area contributed by atoms with Gasteiger partial charge in [-0.15, -0.1) is 0 Å². The van der Waals surface area contributed by atoms with E-state index < -0.39 is 30.0 Å². The highest BCUT2D eigenvalue weighted by Gasteiger charge is 2.48. The van der Waals surface area contributed by atoms with Crippen LogP contribution in [0.3, 0.4) is 0 Å². The van der Waals surface area contributed by atoms with E-state index >= 15 is 0 Å². The highest BCUT2D eigenvalue weighted by atomic mass is 16.5. The number of benzene rings is 1. The molecule has 0 saturated carbocycles. The van der Waals surface area contributed by atoms with Crippen molar-refractivity contribution in [3.8, 4) is 0 Å². The third kappa shape index (κ3) is 6.99. The quantitative estimate of drug-likeness (QED) is 0.319. The summed E-state index contributed by atoms with van der Waals surface area (Å²) in [5.41, 5.74) is 0.902. The van der Waals surface area contributed by atoms with E-state index in [4.69, 9.17) is 9.84 Å². The molecule has 1 aromatic rings. The number of carbonyl (C=O) groups excluding carboxylic acids is 2. The number of hydrogen-bond acceptors (Lipinski definition) is 5. The zero-order valence-electron chi connectivity index (χ0n) is 15.6. The molecule has 1 heterocycles. The number of aliphatic carboxylic acids is 1. The highest BCUT2D eigenvalue weighted by molar-refractivity contribution is 5.97. The van der Waals surface area contributed by atoms with Gasteiger partial charge in [-0.3, -0.25) is 19.7 Å². The maximum Gasteiger partial charge on any atom is 0.322 e. The molecule has 2 amide bonds. The van der Waals surface area contributed by atoms with Crippen molar-refractivity contribution in [3.05, 3.63) is 35.9 Å². The number of amides is 2. The van der Waals surface area contributed by atoms with Crippen LogP contribution in [0.1, 0.15) is 25.8 Å². The third-order valence-electron chi connectivity index (χ3n) is 4.12. The number of hydrogen-bond donors (Lipinski definition) is 4. The second-order valence-electron chi connectivity index (χ2n) is 6.78. The van der Waals surface area contributed by atoms with Crippen LogP contribution in [0.5, 0.6) is 0 Å². The number of carbonyl (C=O) groups is 3. The van der Waals surface area contributed by atoms with Crippen molar-refractivity contribution in [1.82, 2.24) is 16.0 Å². The Morgan fingerprint density at radius 3 is 2.48 bits per heavy atom. The molecule has 0 aromatic heterocycles. The number of carboxylic acid groups (broad SMARTS) is 1. The van der Waals surface area contributed by atoms with E-state index in [1.807, 2.05) is 44.2 Å². The highest BCUT2D eigenvalue weighted by Crippen LogP contribution is 2.12. The van der Waals surface area contributed by atoms with Crippen LogP contribution in [0.2, 0.25) is 0 Å². The first kappa shape index (κ1) is 20.9. The smallest absolute Gasteiger partial charge is 0.322 e. The molecule has 148 valence electrons. The molecule has 27 heavy (non-hydrogen) atoms. The molecule has 0 unspecified atom stereocenters. The van der Waals surface area contributed by atoms with Crippen LogP contribution >= 0.6 is 0 Å². The van der Waals surface area contributed by atoms with E-state index in [0.717, 1.165) is 5.56 Å². The average molecular weight is 377 g/mol. The topological polar surface area (TPSA) is 127 Å². The maximum atomic E-state index is 12.5. The molecule has 3 atom stereocenters. The molecule has 8 heteroatoms. The van der Waals surface area contributed by atoms with Gasteiger partial charge in [0.25, 0.3) is 0 Å². The van der Waals surface area contributed by atoms with Crippen molar-refractivity contribution in [2.45, 2.75) is 50.9 Å². The van der Waals surface area contributed by atoms with Gasteiger partial charge >= 0.3 is 5.97 Å². The first-order valence-electron chi connectivity index (χ1n) is 9.11. The summed E-state index contributed by atoms with van der Waals surface area (Å²) < 4.78 is 5.43. The van der Waals surface area contributed by atoms with Crippen molar-refractivity contribution in [2.24, 2.45) is 0 Å². The number of ether oxygens (including phenoxy) is 1. The van der Waals surface area contributed by atoms with Gasteiger partial charge in [0.1, 0.15) is 18.1 Å². The minimum Gasteiger partial charge on any atom is -0.480 e. The van der Waals surface area contributed by atoms with Crippen molar-refractivity contribution >= 4 is 17.8 Å². The second kappa shape index (κ2) is 10.0. The molecule has 1 aromatic carbocycles. The van der Waals surface area contributed by atoms with Crippen LogP contribution in [0, 0.1) is 0 Å². The summed E-state index contributed by atoms with van der Waals surface area (Å²) in [4.78, 5) is 35.7. The van der Waals surface area contributed by atoms with E-state index in [1.54, 1.807) is 0 Å². The van der Waals surface area contributed by atoms with Crippen molar-refractivity contribution in [1.29, 1.82) is 0 Å². The van der Waals surface area contributed by atoms with Gasteiger partial charge in [0.15, 0.2) is 0 Å². The Kier molecular flexibility index (Phi) is 7.75. The molecule has 0 spiro atoms. The summed E-state index contributed by atoms with van der Waals surface area (Å²) in [7, 11) is 0. The molecule has 2 rings (SSSR count). The lowest BCUT2D eigenvalue weighted by atomic mass is 10.0. The molecule has 1 aliphatic rings. The Morgan fingerprint density at radius 2 is 1.89 bits per heavy atom. The van der Waals surface area contributed by atoms with Crippen LogP contribution in [0.4, 0.5) is 0 Å². The summed E-state index contributed by atoms with van der Waals surface area (Å²) in [5.74, 6) is -1.87. The lowest BCUT2D eigenvalue weighted by Gasteiger charge is -2.18. The molecule has 0 bridgehead atoms. The molecule has 1 saturated heterocycles. The van der Waals surface area contributed by atoms with E-state index in [1.165, 1.54) is 0 Å². The minimum atomic E-state index is -1.08. The van der Waals surface area contributed by atoms with Gasteiger partial charge in [0.2, 0.25) is 11.8 Å². The maximum absolute atomic E-state index is 12.5. The lowest BCUT2D eigenvalue weighted by molar-refractivity contribution is -0.137. The SMILES string of the molecule is CC(C)OCCCNC(=O)[C@H](Cc1ccccc1)NC(=O)[C@H]1N[C@@H]1C(=O)O. The van der Waals surface area contributed by atoms with Crippen LogP contribution in [0.15, 0.2) is 30.3 Å². The largest absolute Gasteiger partial charge is 0.480 e. The fourth-order valence-corrected chi connectivity index (χ4v) is 2.63. The molecular formula is C19H27N3O5. The predicted octanol–water partition coefficient (Wildman–Crippen LogP) is 0.0702. The number of nitrogens with one attached hydrogen (secondary N) is 3. The van der Waals surface area contributed by atoms with E-state index in [-0.39, 0.29) is 12.0 Å². The Labute approximate surface area is 158 Å². The Morgan fingerprint density at radius 1 is 1.19 bits per heavy atom. The van der Waals surface area contributed by atoms with Crippen LogP contribution in [-0.2, 0) is 25.5 Å². The van der Waals surface area contributed by atoms with E-state index in [0.29, 0.717) is 26.0 Å². The predicted molar refractivity (Wildman–Crippen MR) is 99.1 cm³/mol. The van der Waals surface area contributed by atoms with Crippen molar-refractivity contribution in [2.75, 3.05) is 13.2 Å². The molecule has 0 aliphatic carbocycles. The lowest BCUT2D eigenvalue weighted by Crippen LogP contribution is -2.50. The summed E-state index contributed by atoms with van der Waals surface area (Å²) in [6.07, 6.45) is 1.13. The first-order chi connectivity index (χ1) is 12.9. The normalized spacial score (nSPS) is 19.4. The number of rotatable bonds is 11. The van der Waals surface area contributed by atoms with Gasteiger partial charge < -0.3 is 20.5 Å². The Bertz CT molecular complexity index is 650. The molecule has 1 fully saturated rings. The molecule has 8 nitrogen and oxygen atoms in total. The van der Waals surface area contributed by atoms with Gasteiger partial charge in [-0.25, -0.2) is 0 Å². The first-order valence-corrected chi connectivity index (χ1v) is 9.11. The molecular weight excluding hydrogens is 350 g/mol. The average Bonchev–Trinajstić information content (AvgIpc) is 3.42. The fraction of sp³-hybridized carbons (Fsp3) is 0.526. The summed E-state index contributed by atoms with van der Waals surface area (Å²) in [6.45, 7) is 4.87. The summed E-state index contributed by atoms with van der Waals surface area (Å²) in [6, 6.07) is 6.87. The van der Waals surface area contributed by atoms with Crippen LogP contribution in [0.25, 0.3) is 0 Å². The zero-order chi connectivity index (χ0) is 19.8. The third-order valence-corrected chi connectivity index (χ3v) is 4.12. The van der Waals surface area contributed by atoms with Crippen molar-refractivity contribution < 1.29 is 24.2 Å². The van der Waals surface area contributed by atoms with Gasteiger partial charge in [0.05, 0.1) is 6.10 Å². The van der Waals surface area contributed by atoms with Gasteiger partial charge in [-0.05, 0) is 25.8 Å². The molecule has 0 radical (unpaired) electrons. The van der Waals surface area contributed by atoms with Crippen LogP contribution in [-0.4, -0.2) is 60.3 Å². The molecule has 1 aliphatic heterocycles. The molecule has 4 N–H and O–H groups in total. The Hall–Kier alpha value is -2.45. The fourth-order valence-electron chi connectivity index (χ4n) is 2.63. The summed E-state index contributed by atoms with van der Waals surface area (Å²) in [5, 5.41) is 17.0. The van der Waals surface area contributed by atoms with E-state index in [2.05, 4.69) is 16.0 Å². The number of carboxylic acids is 1. The van der Waals surface area contributed by atoms with Gasteiger partial charge in [-0.2, -0.15) is 0 Å². The zero-order valence-corrected chi connectivity index (χ0v) is 15.6.